The van der Waals surface area contributed by atoms with Gasteiger partial charge in [0.1, 0.15) is 5.69 Å². The summed E-state index contributed by atoms with van der Waals surface area (Å²) in [6, 6.07) is 5.65. The minimum atomic E-state index is -0.209. The highest BCUT2D eigenvalue weighted by atomic mass is 32.1. The Hall–Kier alpha value is -2.58. The number of aromatic nitrogens is 4. The summed E-state index contributed by atoms with van der Waals surface area (Å²) in [7, 11) is 0. The van der Waals surface area contributed by atoms with Crippen LogP contribution in [0, 0.1) is 19.8 Å². The van der Waals surface area contributed by atoms with Crippen molar-refractivity contribution in [3.8, 4) is 5.82 Å². The standard InChI is InChI=1S/C25H34N6OS/c1-5-7-17(2)15-30-12-9-20(10-13-30)25-28-22(16-33-25)24(32)27-21-8-6-11-26-23(21)31-19(4)14-18(3)29-31/h6,8,11,14,16-17,20H,5,7,9-10,12-13,15H2,1-4H3,(H,27,32). The Morgan fingerprint density at radius 3 is 2.79 bits per heavy atom. The number of piperidine rings is 1. The van der Waals surface area contributed by atoms with Gasteiger partial charge in [0.05, 0.1) is 16.4 Å². The van der Waals surface area contributed by atoms with Gasteiger partial charge in [-0.2, -0.15) is 5.10 Å². The van der Waals surface area contributed by atoms with Gasteiger partial charge in [0.25, 0.3) is 5.91 Å². The molecule has 0 saturated carbocycles. The van der Waals surface area contributed by atoms with Gasteiger partial charge in [0.2, 0.25) is 0 Å². The molecule has 0 aliphatic carbocycles. The second kappa shape index (κ2) is 10.6. The molecule has 1 aliphatic heterocycles. The smallest absolute Gasteiger partial charge is 0.275 e. The molecule has 8 heteroatoms. The first kappa shape index (κ1) is 23.6. The van der Waals surface area contributed by atoms with E-state index in [1.54, 1.807) is 22.2 Å². The van der Waals surface area contributed by atoms with E-state index in [9.17, 15) is 4.79 Å². The van der Waals surface area contributed by atoms with E-state index in [0.29, 0.717) is 23.1 Å². The molecule has 4 rings (SSSR count). The van der Waals surface area contributed by atoms with E-state index in [-0.39, 0.29) is 5.91 Å². The highest BCUT2D eigenvalue weighted by Gasteiger charge is 2.25. The van der Waals surface area contributed by atoms with E-state index >= 15 is 0 Å². The number of hydrogen-bond acceptors (Lipinski definition) is 6. The lowest BCUT2D eigenvalue weighted by molar-refractivity contribution is 0.102. The Bertz CT molecular complexity index is 1080. The number of carbonyl (C=O) groups excluding carboxylic acids is 1. The fourth-order valence-corrected chi connectivity index (χ4v) is 5.63. The topological polar surface area (TPSA) is 75.9 Å². The quantitative estimate of drug-likeness (QED) is 0.493. The molecule has 0 radical (unpaired) electrons. The first-order chi connectivity index (χ1) is 15.9. The summed E-state index contributed by atoms with van der Waals surface area (Å²) < 4.78 is 1.76. The molecule has 1 atom stereocenters. The fraction of sp³-hybridized carbons (Fsp3) is 0.520. The number of thiazole rings is 1. The van der Waals surface area contributed by atoms with Crippen molar-refractivity contribution in [2.24, 2.45) is 5.92 Å². The van der Waals surface area contributed by atoms with Crippen molar-refractivity contribution in [1.29, 1.82) is 0 Å². The van der Waals surface area contributed by atoms with Gasteiger partial charge in [0.15, 0.2) is 5.82 Å². The maximum absolute atomic E-state index is 13.0. The van der Waals surface area contributed by atoms with Gasteiger partial charge >= 0.3 is 0 Å². The van der Waals surface area contributed by atoms with Crippen LogP contribution in [0.25, 0.3) is 5.82 Å². The van der Waals surface area contributed by atoms with E-state index in [4.69, 9.17) is 4.98 Å². The zero-order valence-electron chi connectivity index (χ0n) is 20.0. The van der Waals surface area contributed by atoms with E-state index in [1.807, 2.05) is 37.4 Å². The van der Waals surface area contributed by atoms with Crippen molar-refractivity contribution in [2.45, 2.75) is 59.3 Å². The lowest BCUT2D eigenvalue weighted by Gasteiger charge is -2.32. The first-order valence-corrected chi connectivity index (χ1v) is 12.8. The predicted octanol–water partition coefficient (Wildman–Crippen LogP) is 5.21. The number of hydrogen-bond donors (Lipinski definition) is 1. The van der Waals surface area contributed by atoms with Gasteiger partial charge < -0.3 is 10.2 Å². The molecule has 3 aromatic rings. The molecule has 1 fully saturated rings. The lowest BCUT2D eigenvalue weighted by atomic mass is 9.96. The third-order valence-corrected chi connectivity index (χ3v) is 7.30. The highest BCUT2D eigenvalue weighted by Crippen LogP contribution is 2.31. The first-order valence-electron chi connectivity index (χ1n) is 11.9. The number of nitrogens with zero attached hydrogens (tertiary/aromatic N) is 5. The van der Waals surface area contributed by atoms with Crippen molar-refractivity contribution in [2.75, 3.05) is 25.0 Å². The van der Waals surface area contributed by atoms with Crippen LogP contribution in [0.5, 0.6) is 0 Å². The van der Waals surface area contributed by atoms with Crippen molar-refractivity contribution >= 4 is 22.9 Å². The Morgan fingerprint density at radius 1 is 1.30 bits per heavy atom. The van der Waals surface area contributed by atoms with Crippen molar-refractivity contribution in [3.05, 3.63) is 51.9 Å². The number of amides is 1. The lowest BCUT2D eigenvalue weighted by Crippen LogP contribution is -2.36. The van der Waals surface area contributed by atoms with Gasteiger partial charge in [-0.05, 0) is 70.3 Å². The Kier molecular flexibility index (Phi) is 7.55. The molecule has 0 bridgehead atoms. The van der Waals surface area contributed by atoms with Crippen LogP contribution in [0.1, 0.15) is 72.3 Å². The molecule has 0 aromatic carbocycles. The van der Waals surface area contributed by atoms with Crippen molar-refractivity contribution in [1.82, 2.24) is 24.6 Å². The second-order valence-electron chi connectivity index (χ2n) is 9.21. The molecule has 1 N–H and O–H groups in total. The molecule has 0 spiro atoms. The Labute approximate surface area is 200 Å². The van der Waals surface area contributed by atoms with Crippen LogP contribution in [0.2, 0.25) is 0 Å². The van der Waals surface area contributed by atoms with Crippen LogP contribution in [-0.2, 0) is 0 Å². The molecule has 7 nitrogen and oxygen atoms in total. The largest absolute Gasteiger partial charge is 0.317 e. The predicted molar refractivity (Wildman–Crippen MR) is 133 cm³/mol. The molecular formula is C25H34N6OS. The number of pyridine rings is 1. The minimum Gasteiger partial charge on any atom is -0.317 e. The maximum atomic E-state index is 13.0. The minimum absolute atomic E-state index is 0.209. The van der Waals surface area contributed by atoms with Gasteiger partial charge in [-0.1, -0.05) is 20.3 Å². The molecular weight excluding hydrogens is 432 g/mol. The molecule has 1 amide bonds. The van der Waals surface area contributed by atoms with E-state index in [1.165, 1.54) is 19.4 Å². The molecule has 1 aliphatic rings. The zero-order chi connectivity index (χ0) is 23.4. The third-order valence-electron chi connectivity index (χ3n) is 6.29. The SMILES string of the molecule is CCCC(C)CN1CCC(c2nc(C(=O)Nc3cccnc3-n3nc(C)cc3C)cs2)CC1. The summed E-state index contributed by atoms with van der Waals surface area (Å²) in [6.45, 7) is 11.9. The molecule has 1 unspecified atom stereocenters. The summed E-state index contributed by atoms with van der Waals surface area (Å²) >= 11 is 1.60. The van der Waals surface area contributed by atoms with Crippen LogP contribution in [0.15, 0.2) is 29.8 Å². The van der Waals surface area contributed by atoms with Crippen LogP contribution in [0.3, 0.4) is 0 Å². The van der Waals surface area contributed by atoms with E-state index < -0.39 is 0 Å². The normalized spacial score (nSPS) is 16.1. The molecule has 4 heterocycles. The average molecular weight is 467 g/mol. The van der Waals surface area contributed by atoms with Gasteiger partial charge in [-0.3, -0.25) is 4.79 Å². The number of aryl methyl sites for hydroxylation is 2. The van der Waals surface area contributed by atoms with Crippen LogP contribution in [-0.4, -0.2) is 50.2 Å². The highest BCUT2D eigenvalue weighted by molar-refractivity contribution is 7.10. The average Bonchev–Trinajstić information content (AvgIpc) is 3.41. The summed E-state index contributed by atoms with van der Waals surface area (Å²) in [5.74, 6) is 1.60. The van der Waals surface area contributed by atoms with Crippen molar-refractivity contribution in [3.63, 3.8) is 0 Å². The van der Waals surface area contributed by atoms with Crippen LogP contribution < -0.4 is 5.32 Å². The third kappa shape index (κ3) is 5.68. The number of carbonyl (C=O) groups is 1. The fourth-order valence-electron chi connectivity index (χ4n) is 4.66. The molecule has 3 aromatic heterocycles. The zero-order valence-corrected chi connectivity index (χ0v) is 20.9. The van der Waals surface area contributed by atoms with Crippen molar-refractivity contribution < 1.29 is 4.79 Å². The van der Waals surface area contributed by atoms with E-state index in [2.05, 4.69) is 34.1 Å². The number of nitrogens with one attached hydrogen (secondary N) is 1. The van der Waals surface area contributed by atoms with Crippen LogP contribution in [0.4, 0.5) is 5.69 Å². The Morgan fingerprint density at radius 2 is 2.09 bits per heavy atom. The van der Waals surface area contributed by atoms with Gasteiger partial charge in [0, 0.05) is 29.7 Å². The van der Waals surface area contributed by atoms with Gasteiger partial charge in [-0.25, -0.2) is 14.6 Å². The number of likely N-dealkylation sites (tertiary alicyclic amines) is 1. The second-order valence-corrected chi connectivity index (χ2v) is 10.1. The van der Waals surface area contributed by atoms with E-state index in [0.717, 1.165) is 48.2 Å². The number of anilines is 1. The Balaban J connectivity index is 1.39. The maximum Gasteiger partial charge on any atom is 0.275 e. The molecule has 1 saturated heterocycles. The summed E-state index contributed by atoms with van der Waals surface area (Å²) in [6.07, 6.45) is 6.47. The summed E-state index contributed by atoms with van der Waals surface area (Å²) in [5.41, 5.74) is 2.97. The summed E-state index contributed by atoms with van der Waals surface area (Å²) in [4.78, 5) is 24.7. The summed E-state index contributed by atoms with van der Waals surface area (Å²) in [5, 5.41) is 10.4. The molecule has 176 valence electrons. The monoisotopic (exact) mass is 466 g/mol. The molecule has 33 heavy (non-hydrogen) atoms. The van der Waals surface area contributed by atoms with Gasteiger partial charge in [-0.15, -0.1) is 11.3 Å². The number of rotatable bonds is 8. The van der Waals surface area contributed by atoms with Crippen LogP contribution >= 0.6 is 11.3 Å².